The van der Waals surface area contributed by atoms with Gasteiger partial charge in [0.25, 0.3) is 0 Å². The number of rotatable bonds is 6. The molecule has 1 aromatic carbocycles. The Kier molecular flexibility index (Phi) is 5.15. The van der Waals surface area contributed by atoms with Crippen LogP contribution in [0.15, 0.2) is 22.7 Å². The van der Waals surface area contributed by atoms with Crippen LogP contribution in [0.2, 0.25) is 0 Å². The van der Waals surface area contributed by atoms with E-state index in [9.17, 15) is 9.59 Å². The first-order valence-corrected chi connectivity index (χ1v) is 5.95. The molecule has 0 saturated carbocycles. The molecule has 0 aromatic heterocycles. The van der Waals surface area contributed by atoms with Crippen molar-refractivity contribution in [2.45, 2.75) is 19.8 Å². The van der Waals surface area contributed by atoms with E-state index in [4.69, 9.17) is 9.84 Å². The molecule has 0 bridgehead atoms. The third-order valence-corrected chi connectivity index (χ3v) is 2.75. The van der Waals surface area contributed by atoms with Crippen molar-refractivity contribution in [1.29, 1.82) is 0 Å². The lowest BCUT2D eigenvalue weighted by molar-refractivity contribution is -0.149. The van der Waals surface area contributed by atoms with Gasteiger partial charge in [-0.25, -0.2) is 4.79 Å². The van der Waals surface area contributed by atoms with Crippen LogP contribution in [-0.2, 0) is 9.59 Å². The van der Waals surface area contributed by atoms with Crippen molar-refractivity contribution in [2.75, 3.05) is 6.61 Å². The fourth-order valence-corrected chi connectivity index (χ4v) is 1.85. The number of Topliss-reactive ketones (excluding diaryl/α,β-unsaturated/α-hetero) is 1. The van der Waals surface area contributed by atoms with Crippen LogP contribution in [0.3, 0.4) is 0 Å². The molecule has 4 nitrogen and oxygen atoms in total. The SMILES string of the molecule is Cc1ccc(OCCCC(=O)C(=O)O)c(Br)c1. The van der Waals surface area contributed by atoms with Gasteiger partial charge < -0.3 is 9.84 Å². The van der Waals surface area contributed by atoms with Gasteiger partial charge in [0.1, 0.15) is 5.75 Å². The molecule has 1 N–H and O–H groups in total. The van der Waals surface area contributed by atoms with E-state index in [0.29, 0.717) is 18.8 Å². The molecule has 0 heterocycles. The van der Waals surface area contributed by atoms with E-state index in [1.54, 1.807) is 0 Å². The van der Waals surface area contributed by atoms with Gasteiger partial charge in [-0.3, -0.25) is 4.79 Å². The molecule has 0 fully saturated rings. The van der Waals surface area contributed by atoms with Crippen LogP contribution in [0.4, 0.5) is 0 Å². The number of hydrogen-bond donors (Lipinski definition) is 1. The maximum absolute atomic E-state index is 10.8. The van der Waals surface area contributed by atoms with Crippen LogP contribution in [0.25, 0.3) is 0 Å². The van der Waals surface area contributed by atoms with E-state index in [1.807, 2.05) is 25.1 Å². The second kappa shape index (κ2) is 6.39. The second-order valence-corrected chi connectivity index (χ2v) is 4.47. The minimum atomic E-state index is -1.39. The number of carbonyl (C=O) groups is 2. The molecular formula is C12H13BrO4. The molecule has 0 aliphatic carbocycles. The fourth-order valence-electron chi connectivity index (χ4n) is 1.24. The summed E-state index contributed by atoms with van der Waals surface area (Å²) in [5.41, 5.74) is 1.12. The third-order valence-electron chi connectivity index (χ3n) is 2.13. The van der Waals surface area contributed by atoms with Gasteiger partial charge in [0.05, 0.1) is 11.1 Å². The molecule has 92 valence electrons. The number of benzene rings is 1. The highest BCUT2D eigenvalue weighted by molar-refractivity contribution is 9.10. The maximum Gasteiger partial charge on any atom is 0.372 e. The van der Waals surface area contributed by atoms with E-state index in [0.717, 1.165) is 10.0 Å². The van der Waals surface area contributed by atoms with Gasteiger partial charge in [0, 0.05) is 6.42 Å². The summed E-state index contributed by atoms with van der Waals surface area (Å²) in [6, 6.07) is 5.68. The minimum absolute atomic E-state index is 0.00118. The Morgan fingerprint density at radius 3 is 2.71 bits per heavy atom. The average molecular weight is 301 g/mol. The largest absolute Gasteiger partial charge is 0.492 e. The quantitative estimate of drug-likeness (QED) is 0.648. The molecule has 0 amide bonds. The lowest BCUT2D eigenvalue weighted by Crippen LogP contribution is -2.13. The molecule has 0 radical (unpaired) electrons. The Bertz CT molecular complexity index is 429. The van der Waals surface area contributed by atoms with Crippen molar-refractivity contribution in [3.05, 3.63) is 28.2 Å². The van der Waals surface area contributed by atoms with Gasteiger partial charge in [-0.05, 0) is 47.0 Å². The Balaban J connectivity index is 2.36. The summed E-state index contributed by atoms with van der Waals surface area (Å²) in [5.74, 6) is -1.48. The Labute approximate surface area is 108 Å². The number of aliphatic carboxylic acids is 1. The normalized spacial score (nSPS) is 10.0. The lowest BCUT2D eigenvalue weighted by Gasteiger charge is -2.07. The zero-order chi connectivity index (χ0) is 12.8. The maximum atomic E-state index is 10.8. The van der Waals surface area contributed by atoms with Crippen molar-refractivity contribution in [1.82, 2.24) is 0 Å². The Hall–Kier alpha value is -1.36. The summed E-state index contributed by atoms with van der Waals surface area (Å²) in [6.07, 6.45) is 0.393. The molecule has 1 rings (SSSR count). The van der Waals surface area contributed by atoms with Crippen LogP contribution < -0.4 is 4.74 Å². The Morgan fingerprint density at radius 1 is 1.41 bits per heavy atom. The van der Waals surface area contributed by atoms with Crippen LogP contribution in [0.1, 0.15) is 18.4 Å². The molecule has 5 heteroatoms. The number of carboxylic acids is 1. The number of carbonyl (C=O) groups excluding carboxylic acids is 1. The van der Waals surface area contributed by atoms with E-state index < -0.39 is 11.8 Å². The molecule has 0 spiro atoms. The van der Waals surface area contributed by atoms with Gasteiger partial charge in [0.15, 0.2) is 0 Å². The number of hydrogen-bond acceptors (Lipinski definition) is 3. The molecule has 17 heavy (non-hydrogen) atoms. The molecule has 1 aromatic rings. The van der Waals surface area contributed by atoms with Gasteiger partial charge in [-0.1, -0.05) is 6.07 Å². The van der Waals surface area contributed by atoms with E-state index in [1.165, 1.54) is 0 Å². The van der Waals surface area contributed by atoms with E-state index in [-0.39, 0.29) is 6.42 Å². The van der Waals surface area contributed by atoms with Crippen LogP contribution in [0.5, 0.6) is 5.75 Å². The summed E-state index contributed by atoms with van der Waals surface area (Å²) < 4.78 is 6.28. The zero-order valence-corrected chi connectivity index (χ0v) is 11.0. The van der Waals surface area contributed by atoms with Crippen molar-refractivity contribution in [3.63, 3.8) is 0 Å². The standard InChI is InChI=1S/C12H13BrO4/c1-8-4-5-11(9(13)7-8)17-6-2-3-10(14)12(15)16/h4-5,7H,2-3,6H2,1H3,(H,15,16). The summed E-state index contributed by atoms with van der Waals surface area (Å²) >= 11 is 3.37. The first-order chi connectivity index (χ1) is 8.00. The molecule has 0 aliphatic rings. The van der Waals surface area contributed by atoms with Crippen LogP contribution in [-0.4, -0.2) is 23.5 Å². The highest BCUT2D eigenvalue weighted by Gasteiger charge is 2.10. The van der Waals surface area contributed by atoms with Crippen molar-refractivity contribution in [3.8, 4) is 5.75 Å². The molecule has 0 saturated heterocycles. The zero-order valence-electron chi connectivity index (χ0n) is 9.40. The van der Waals surface area contributed by atoms with Gasteiger partial charge >= 0.3 is 5.97 Å². The lowest BCUT2D eigenvalue weighted by atomic mass is 10.2. The highest BCUT2D eigenvalue weighted by atomic mass is 79.9. The van der Waals surface area contributed by atoms with E-state index in [2.05, 4.69) is 15.9 Å². The number of ketones is 1. The van der Waals surface area contributed by atoms with Crippen molar-refractivity contribution in [2.24, 2.45) is 0 Å². The highest BCUT2D eigenvalue weighted by Crippen LogP contribution is 2.25. The van der Waals surface area contributed by atoms with Gasteiger partial charge in [-0.2, -0.15) is 0 Å². The van der Waals surface area contributed by atoms with E-state index >= 15 is 0 Å². The summed E-state index contributed by atoms with van der Waals surface area (Å²) in [6.45, 7) is 2.29. The first-order valence-electron chi connectivity index (χ1n) is 5.16. The summed E-state index contributed by atoms with van der Waals surface area (Å²) in [5, 5.41) is 8.38. The monoisotopic (exact) mass is 300 g/mol. The number of aryl methyl sites for hydroxylation is 1. The van der Waals surface area contributed by atoms with Gasteiger partial charge in [-0.15, -0.1) is 0 Å². The number of ether oxygens (including phenoxy) is 1. The fraction of sp³-hybridized carbons (Fsp3) is 0.333. The molecule has 0 unspecified atom stereocenters. The second-order valence-electron chi connectivity index (χ2n) is 3.61. The Morgan fingerprint density at radius 2 is 2.12 bits per heavy atom. The topological polar surface area (TPSA) is 63.6 Å². The number of halogens is 1. The summed E-state index contributed by atoms with van der Waals surface area (Å²) in [4.78, 5) is 21.1. The molecule has 0 atom stereocenters. The predicted molar refractivity (Wildman–Crippen MR) is 66.3 cm³/mol. The first kappa shape index (κ1) is 13.7. The average Bonchev–Trinajstić information content (AvgIpc) is 2.26. The van der Waals surface area contributed by atoms with Crippen LogP contribution >= 0.6 is 15.9 Å². The number of carboxylic acid groups (broad SMARTS) is 1. The molecular weight excluding hydrogens is 288 g/mol. The smallest absolute Gasteiger partial charge is 0.372 e. The predicted octanol–water partition coefficient (Wildman–Crippen LogP) is 2.57. The van der Waals surface area contributed by atoms with Crippen molar-refractivity contribution < 1.29 is 19.4 Å². The third kappa shape index (κ3) is 4.56. The summed E-state index contributed by atoms with van der Waals surface area (Å²) in [7, 11) is 0. The minimum Gasteiger partial charge on any atom is -0.492 e. The van der Waals surface area contributed by atoms with Crippen molar-refractivity contribution >= 4 is 27.7 Å². The van der Waals surface area contributed by atoms with Gasteiger partial charge in [0.2, 0.25) is 5.78 Å². The van der Waals surface area contributed by atoms with Crippen LogP contribution in [0, 0.1) is 6.92 Å². The molecule has 0 aliphatic heterocycles.